The largest absolute Gasteiger partial charge is 0.310 e. The Morgan fingerprint density at radius 2 is 0.931 bits per heavy atom. The van der Waals surface area contributed by atoms with Gasteiger partial charge in [0.05, 0.1) is 16.7 Å². The summed E-state index contributed by atoms with van der Waals surface area (Å²) in [6, 6.07) is 83.8. The van der Waals surface area contributed by atoms with E-state index < -0.39 is 0 Å². The zero-order valence-electron chi connectivity index (χ0n) is 31.8. The summed E-state index contributed by atoms with van der Waals surface area (Å²) >= 11 is 0. The van der Waals surface area contributed by atoms with Crippen LogP contribution < -0.4 is 4.90 Å². The number of benzene rings is 10. The average molecular weight is 739 g/mol. The van der Waals surface area contributed by atoms with E-state index in [-0.39, 0.29) is 0 Å². The molecule has 0 bridgehead atoms. The second-order valence-electron chi connectivity index (χ2n) is 14.9. The third-order valence-corrected chi connectivity index (χ3v) is 11.5. The number of rotatable bonds is 7. The Morgan fingerprint density at radius 1 is 0.310 bits per heavy atom. The molecule has 11 rings (SSSR count). The maximum atomic E-state index is 2.44. The van der Waals surface area contributed by atoms with Gasteiger partial charge in [-0.3, -0.25) is 0 Å². The second-order valence-corrected chi connectivity index (χ2v) is 14.9. The van der Waals surface area contributed by atoms with Crippen molar-refractivity contribution in [2.45, 2.75) is 0 Å². The monoisotopic (exact) mass is 738 g/mol. The summed E-state index contributed by atoms with van der Waals surface area (Å²) in [5, 5.41) is 7.44. The molecule has 0 aliphatic rings. The lowest BCUT2D eigenvalue weighted by molar-refractivity contribution is 1.18. The zero-order chi connectivity index (χ0) is 38.4. The van der Waals surface area contributed by atoms with Crippen LogP contribution in [0, 0.1) is 0 Å². The molecule has 0 aliphatic heterocycles. The van der Waals surface area contributed by atoms with Gasteiger partial charge in [-0.25, -0.2) is 0 Å². The molecule has 10 aromatic carbocycles. The molecular weight excluding hydrogens is 701 g/mol. The molecule has 2 nitrogen and oxygen atoms in total. The van der Waals surface area contributed by atoms with E-state index in [9.17, 15) is 0 Å². The highest BCUT2D eigenvalue weighted by Crippen LogP contribution is 2.46. The van der Waals surface area contributed by atoms with Gasteiger partial charge in [0.25, 0.3) is 0 Å². The number of aromatic nitrogens is 1. The summed E-state index contributed by atoms with van der Waals surface area (Å²) in [5.74, 6) is 0. The van der Waals surface area contributed by atoms with Crippen molar-refractivity contribution in [1.82, 2.24) is 4.57 Å². The molecule has 0 radical (unpaired) electrons. The van der Waals surface area contributed by atoms with Crippen LogP contribution in [0.1, 0.15) is 0 Å². The lowest BCUT2D eigenvalue weighted by Gasteiger charge is -2.28. The van der Waals surface area contributed by atoms with E-state index in [1.807, 2.05) is 0 Å². The van der Waals surface area contributed by atoms with Crippen molar-refractivity contribution in [2.24, 2.45) is 0 Å². The van der Waals surface area contributed by atoms with Gasteiger partial charge in [-0.15, -0.1) is 0 Å². The fourth-order valence-corrected chi connectivity index (χ4v) is 8.89. The Kier molecular flexibility index (Phi) is 8.19. The number of fused-ring (bicyclic) bond motifs is 5. The van der Waals surface area contributed by atoms with Crippen molar-refractivity contribution in [3.05, 3.63) is 231 Å². The molecule has 0 saturated carbocycles. The van der Waals surface area contributed by atoms with Gasteiger partial charge in [0.15, 0.2) is 0 Å². The van der Waals surface area contributed by atoms with E-state index in [0.29, 0.717) is 0 Å². The van der Waals surface area contributed by atoms with Crippen LogP contribution in [0.3, 0.4) is 0 Å². The SMILES string of the molecule is c1ccc(-c2ccccc2N(c2cccc(-c3ccc4ccccc4c3)c2)c2ccc3c4c(-c5cccc6ccccc56)cccc4n(-c4ccccc4)c3c2)cc1. The first-order chi connectivity index (χ1) is 28.8. The molecule has 1 aromatic heterocycles. The fourth-order valence-electron chi connectivity index (χ4n) is 8.89. The fraction of sp³-hybridized carbons (Fsp3) is 0. The summed E-state index contributed by atoms with van der Waals surface area (Å²) in [5.41, 5.74) is 13.9. The standard InChI is InChI=1S/C56H38N2/c1-3-17-41(18-4-1)49-27-11-12-30-53(49)57(46-25-13-22-43(37-46)44-33-32-39-16-7-8-20-42(39)36-44)47-34-35-52-55(38-47)58(45-23-5-2-6-24-45)54-31-15-29-51(56(52)54)50-28-14-21-40-19-9-10-26-48(40)50/h1-38H. The predicted octanol–water partition coefficient (Wildman–Crippen LogP) is 15.6. The van der Waals surface area contributed by atoms with Crippen LogP contribution in [0.15, 0.2) is 231 Å². The number of para-hydroxylation sites is 2. The Balaban J connectivity index is 1.18. The lowest BCUT2D eigenvalue weighted by atomic mass is 9.94. The minimum Gasteiger partial charge on any atom is -0.310 e. The number of nitrogens with zero attached hydrogens (tertiary/aromatic N) is 2. The molecule has 0 fully saturated rings. The quantitative estimate of drug-likeness (QED) is 0.158. The first-order valence-electron chi connectivity index (χ1n) is 19.9. The van der Waals surface area contributed by atoms with E-state index in [0.717, 1.165) is 28.3 Å². The molecule has 0 atom stereocenters. The molecule has 11 aromatic rings. The van der Waals surface area contributed by atoms with Crippen molar-refractivity contribution < 1.29 is 0 Å². The minimum atomic E-state index is 1.08. The van der Waals surface area contributed by atoms with Gasteiger partial charge < -0.3 is 9.47 Å². The smallest absolute Gasteiger partial charge is 0.0562 e. The number of hydrogen-bond acceptors (Lipinski definition) is 1. The van der Waals surface area contributed by atoms with Crippen molar-refractivity contribution >= 4 is 60.4 Å². The molecule has 0 spiro atoms. The van der Waals surface area contributed by atoms with Crippen LogP contribution in [0.2, 0.25) is 0 Å². The summed E-state index contributed by atoms with van der Waals surface area (Å²) in [4.78, 5) is 2.44. The molecule has 2 heteroatoms. The van der Waals surface area contributed by atoms with Crippen molar-refractivity contribution in [3.8, 4) is 39.1 Å². The number of hydrogen-bond donors (Lipinski definition) is 0. The van der Waals surface area contributed by atoms with Crippen LogP contribution in [-0.4, -0.2) is 4.57 Å². The van der Waals surface area contributed by atoms with E-state index in [1.165, 1.54) is 71.2 Å². The van der Waals surface area contributed by atoms with E-state index >= 15 is 0 Å². The molecular formula is C56H38N2. The molecule has 0 amide bonds. The van der Waals surface area contributed by atoms with Crippen LogP contribution in [0.25, 0.3) is 82.4 Å². The number of anilines is 3. The second kappa shape index (κ2) is 14.1. The van der Waals surface area contributed by atoms with E-state index in [2.05, 4.69) is 240 Å². The molecule has 1 heterocycles. The molecule has 0 saturated heterocycles. The average Bonchev–Trinajstić information content (AvgIpc) is 3.63. The van der Waals surface area contributed by atoms with Gasteiger partial charge in [-0.05, 0) is 104 Å². The van der Waals surface area contributed by atoms with Gasteiger partial charge in [-0.1, -0.05) is 176 Å². The zero-order valence-corrected chi connectivity index (χ0v) is 31.8. The molecule has 0 aliphatic carbocycles. The van der Waals surface area contributed by atoms with Crippen LogP contribution >= 0.6 is 0 Å². The highest BCUT2D eigenvalue weighted by atomic mass is 15.1. The van der Waals surface area contributed by atoms with E-state index in [1.54, 1.807) is 0 Å². The van der Waals surface area contributed by atoms with Crippen LogP contribution in [0.5, 0.6) is 0 Å². The Bertz CT molecular complexity index is 3280. The van der Waals surface area contributed by atoms with Gasteiger partial charge in [0.1, 0.15) is 0 Å². The van der Waals surface area contributed by atoms with Gasteiger partial charge >= 0.3 is 0 Å². The van der Waals surface area contributed by atoms with Gasteiger partial charge in [0, 0.05) is 33.4 Å². The topological polar surface area (TPSA) is 8.17 Å². The van der Waals surface area contributed by atoms with Crippen LogP contribution in [-0.2, 0) is 0 Å². The summed E-state index contributed by atoms with van der Waals surface area (Å²) in [6.45, 7) is 0. The molecule has 58 heavy (non-hydrogen) atoms. The molecule has 272 valence electrons. The predicted molar refractivity (Wildman–Crippen MR) is 247 cm³/mol. The van der Waals surface area contributed by atoms with Crippen LogP contribution in [0.4, 0.5) is 17.1 Å². The third-order valence-electron chi connectivity index (χ3n) is 11.5. The third kappa shape index (κ3) is 5.74. The van der Waals surface area contributed by atoms with Crippen molar-refractivity contribution in [2.75, 3.05) is 4.90 Å². The maximum absolute atomic E-state index is 2.44. The lowest BCUT2D eigenvalue weighted by Crippen LogP contribution is -2.11. The van der Waals surface area contributed by atoms with Crippen molar-refractivity contribution in [1.29, 1.82) is 0 Å². The maximum Gasteiger partial charge on any atom is 0.0562 e. The highest BCUT2D eigenvalue weighted by molar-refractivity contribution is 6.18. The first kappa shape index (κ1) is 33.6. The Hall–Kier alpha value is -7.68. The Morgan fingerprint density at radius 3 is 1.81 bits per heavy atom. The van der Waals surface area contributed by atoms with Gasteiger partial charge in [0.2, 0.25) is 0 Å². The Labute approximate surface area is 338 Å². The molecule has 0 N–H and O–H groups in total. The van der Waals surface area contributed by atoms with Gasteiger partial charge in [-0.2, -0.15) is 0 Å². The summed E-state index contributed by atoms with van der Waals surface area (Å²) < 4.78 is 2.44. The van der Waals surface area contributed by atoms with Crippen molar-refractivity contribution in [3.63, 3.8) is 0 Å². The summed E-state index contributed by atoms with van der Waals surface area (Å²) in [7, 11) is 0. The van der Waals surface area contributed by atoms with E-state index in [4.69, 9.17) is 0 Å². The summed E-state index contributed by atoms with van der Waals surface area (Å²) in [6.07, 6.45) is 0. The molecule has 0 unspecified atom stereocenters. The normalized spacial score (nSPS) is 11.4. The highest BCUT2D eigenvalue weighted by Gasteiger charge is 2.22. The first-order valence-corrected chi connectivity index (χ1v) is 19.9. The minimum absolute atomic E-state index is 1.08.